The maximum atomic E-state index is 6.12. The van der Waals surface area contributed by atoms with Crippen molar-refractivity contribution < 1.29 is 0 Å². The van der Waals surface area contributed by atoms with E-state index < -0.39 is 0 Å². The van der Waals surface area contributed by atoms with E-state index in [0.29, 0.717) is 15.6 Å². The van der Waals surface area contributed by atoms with Crippen molar-refractivity contribution in [3.05, 3.63) is 88.4 Å². The molecule has 0 atom stereocenters. The molecule has 0 heterocycles. The van der Waals surface area contributed by atoms with Crippen molar-refractivity contribution in [2.45, 2.75) is 0 Å². The Morgan fingerprint density at radius 3 is 1.75 bits per heavy atom. The number of halogens is 2. The largest absolute Gasteiger partial charge is 0.256 e. The minimum absolute atomic E-state index is 0.569. The first-order valence-corrected chi connectivity index (χ1v) is 8.03. The van der Waals surface area contributed by atoms with Crippen molar-refractivity contribution in [2.75, 3.05) is 0 Å². The van der Waals surface area contributed by atoms with Gasteiger partial charge in [-0.05, 0) is 48.5 Å². The molecule has 0 unspecified atom stereocenters. The highest BCUT2D eigenvalue weighted by Crippen LogP contribution is 2.24. The first-order valence-electron chi connectivity index (χ1n) is 7.27. The highest BCUT2D eigenvalue weighted by atomic mass is 35.5. The number of rotatable bonds is 4. The van der Waals surface area contributed by atoms with Gasteiger partial charge in [0.05, 0.1) is 27.1 Å². The highest BCUT2D eigenvalue weighted by molar-refractivity contribution is 6.38. The molecule has 0 aliphatic heterocycles. The van der Waals surface area contributed by atoms with Gasteiger partial charge in [-0.15, -0.1) is 0 Å². The smallest absolute Gasteiger partial charge is 0.0858 e. The number of benzene rings is 3. The van der Waals surface area contributed by atoms with Gasteiger partial charge < -0.3 is 0 Å². The number of hydrogen-bond donors (Lipinski definition) is 0. The van der Waals surface area contributed by atoms with E-state index in [1.807, 2.05) is 54.6 Å². The molecule has 3 aromatic carbocycles. The predicted octanol–water partition coefficient (Wildman–Crippen LogP) is 7.16. The van der Waals surface area contributed by atoms with Crippen LogP contribution >= 0.6 is 23.2 Å². The Kier molecular flexibility index (Phi) is 5.36. The second kappa shape index (κ2) is 7.86. The molecule has 0 radical (unpaired) electrons. The zero-order valence-corrected chi connectivity index (χ0v) is 14.1. The van der Waals surface area contributed by atoms with Crippen molar-refractivity contribution in [1.29, 1.82) is 0 Å². The van der Waals surface area contributed by atoms with E-state index >= 15 is 0 Å². The van der Waals surface area contributed by atoms with E-state index in [1.54, 1.807) is 24.4 Å². The molecule has 24 heavy (non-hydrogen) atoms. The third-order valence-corrected chi connectivity index (χ3v) is 3.89. The maximum Gasteiger partial charge on any atom is 0.0858 e. The van der Waals surface area contributed by atoms with E-state index in [2.05, 4.69) is 15.2 Å². The predicted molar refractivity (Wildman–Crippen MR) is 101 cm³/mol. The molecule has 0 bridgehead atoms. The van der Waals surface area contributed by atoms with Crippen LogP contribution in [0, 0.1) is 0 Å². The topological polar surface area (TPSA) is 37.1 Å². The molecule has 3 nitrogen and oxygen atoms in total. The summed E-state index contributed by atoms with van der Waals surface area (Å²) >= 11 is 12.2. The fourth-order valence-electron chi connectivity index (χ4n) is 1.99. The number of nitrogens with zero attached hydrogens (tertiary/aromatic N) is 3. The lowest BCUT2D eigenvalue weighted by Gasteiger charge is -2.00. The van der Waals surface area contributed by atoms with Gasteiger partial charge in [-0.3, -0.25) is 4.99 Å². The fraction of sp³-hybridized carbons (Fsp3) is 0. The van der Waals surface area contributed by atoms with Crippen molar-refractivity contribution >= 4 is 46.5 Å². The summed E-state index contributed by atoms with van der Waals surface area (Å²) in [5.74, 6) is 0. The average molecular weight is 354 g/mol. The lowest BCUT2D eigenvalue weighted by atomic mass is 10.2. The Morgan fingerprint density at radius 1 is 0.583 bits per heavy atom. The van der Waals surface area contributed by atoms with Crippen molar-refractivity contribution in [3.8, 4) is 0 Å². The molecule has 3 aromatic rings. The van der Waals surface area contributed by atoms with Gasteiger partial charge >= 0.3 is 0 Å². The van der Waals surface area contributed by atoms with E-state index in [4.69, 9.17) is 23.2 Å². The van der Waals surface area contributed by atoms with Crippen molar-refractivity contribution in [1.82, 2.24) is 0 Å². The quantitative estimate of drug-likeness (QED) is 0.352. The third-order valence-electron chi connectivity index (χ3n) is 3.23. The Morgan fingerprint density at radius 2 is 1.12 bits per heavy atom. The SMILES string of the molecule is Clc1cccc(Cl)c1C=Nc1ccc(N=Nc2ccccc2)cc1. The maximum absolute atomic E-state index is 6.12. The number of azo groups is 1. The van der Waals surface area contributed by atoms with E-state index in [9.17, 15) is 0 Å². The summed E-state index contributed by atoms with van der Waals surface area (Å²) in [7, 11) is 0. The van der Waals surface area contributed by atoms with Crippen LogP contribution in [-0.4, -0.2) is 6.21 Å². The van der Waals surface area contributed by atoms with Crippen LogP contribution in [0.1, 0.15) is 5.56 Å². The molecule has 0 aliphatic carbocycles. The van der Waals surface area contributed by atoms with Gasteiger partial charge in [0.2, 0.25) is 0 Å². The molecular weight excluding hydrogens is 341 g/mol. The Bertz CT molecular complexity index is 853. The summed E-state index contributed by atoms with van der Waals surface area (Å²) in [6.45, 7) is 0. The first kappa shape index (κ1) is 16.4. The monoisotopic (exact) mass is 353 g/mol. The Balaban J connectivity index is 1.73. The minimum Gasteiger partial charge on any atom is -0.256 e. The number of aliphatic imine (C=N–C) groups is 1. The lowest BCUT2D eigenvalue weighted by molar-refractivity contribution is 1.23. The second-order valence-corrected chi connectivity index (χ2v) is 5.76. The van der Waals surface area contributed by atoms with Crippen molar-refractivity contribution in [2.24, 2.45) is 15.2 Å². The summed E-state index contributed by atoms with van der Waals surface area (Å²) in [6.07, 6.45) is 1.66. The van der Waals surface area contributed by atoms with Gasteiger partial charge in [-0.1, -0.05) is 47.5 Å². The molecule has 0 saturated carbocycles. The molecule has 0 aliphatic rings. The van der Waals surface area contributed by atoms with E-state index in [1.165, 1.54) is 0 Å². The minimum atomic E-state index is 0.569. The molecular formula is C19H13Cl2N3. The summed E-state index contributed by atoms with van der Waals surface area (Å²) in [6, 6.07) is 22.4. The average Bonchev–Trinajstić information content (AvgIpc) is 2.61. The van der Waals surface area contributed by atoms with Crippen molar-refractivity contribution in [3.63, 3.8) is 0 Å². The Labute approximate surface area is 150 Å². The molecule has 0 N–H and O–H groups in total. The van der Waals surface area contributed by atoms with E-state index in [0.717, 1.165) is 17.1 Å². The van der Waals surface area contributed by atoms with Gasteiger partial charge in [0.1, 0.15) is 0 Å². The van der Waals surface area contributed by atoms with Gasteiger partial charge in [0.15, 0.2) is 0 Å². The molecule has 5 heteroatoms. The van der Waals surface area contributed by atoms with Crippen LogP contribution in [0.3, 0.4) is 0 Å². The molecule has 0 amide bonds. The van der Waals surface area contributed by atoms with Gasteiger partial charge in [-0.2, -0.15) is 10.2 Å². The van der Waals surface area contributed by atoms with Crippen LogP contribution < -0.4 is 0 Å². The normalized spacial score (nSPS) is 11.4. The van der Waals surface area contributed by atoms with Gasteiger partial charge in [-0.25, -0.2) is 0 Å². The molecule has 0 aromatic heterocycles. The molecule has 0 spiro atoms. The molecule has 3 rings (SSSR count). The second-order valence-electron chi connectivity index (χ2n) is 4.95. The van der Waals surface area contributed by atoms with Gasteiger partial charge in [0.25, 0.3) is 0 Å². The van der Waals surface area contributed by atoms with Crippen LogP contribution in [0.25, 0.3) is 0 Å². The number of hydrogen-bond acceptors (Lipinski definition) is 3. The summed E-state index contributed by atoms with van der Waals surface area (Å²) in [5, 5.41) is 9.51. The summed E-state index contributed by atoms with van der Waals surface area (Å²) in [4.78, 5) is 4.39. The summed E-state index contributed by atoms with van der Waals surface area (Å²) < 4.78 is 0. The molecule has 0 saturated heterocycles. The first-order chi connectivity index (χ1) is 11.7. The van der Waals surface area contributed by atoms with Crippen LogP contribution in [0.5, 0.6) is 0 Å². The Hall–Kier alpha value is -2.49. The highest BCUT2D eigenvalue weighted by Gasteiger charge is 2.02. The lowest BCUT2D eigenvalue weighted by Crippen LogP contribution is -1.84. The van der Waals surface area contributed by atoms with Crippen LogP contribution in [-0.2, 0) is 0 Å². The zero-order chi connectivity index (χ0) is 16.8. The molecule has 0 fully saturated rings. The zero-order valence-electron chi connectivity index (χ0n) is 12.6. The van der Waals surface area contributed by atoms with Crippen LogP contribution in [0.4, 0.5) is 17.1 Å². The third kappa shape index (κ3) is 4.28. The van der Waals surface area contributed by atoms with E-state index in [-0.39, 0.29) is 0 Å². The summed E-state index contributed by atoms with van der Waals surface area (Å²) in [5.41, 5.74) is 3.06. The van der Waals surface area contributed by atoms with Gasteiger partial charge in [0, 0.05) is 11.8 Å². The van der Waals surface area contributed by atoms with Crippen LogP contribution in [0.2, 0.25) is 10.0 Å². The standard InChI is InChI=1S/C19H13Cl2N3/c20-18-7-4-8-19(21)17(18)13-22-14-9-11-16(12-10-14)24-23-15-5-2-1-3-6-15/h1-13H. The fourth-order valence-corrected chi connectivity index (χ4v) is 2.48. The molecule has 118 valence electrons. The van der Waals surface area contributed by atoms with Crippen LogP contribution in [0.15, 0.2) is 88.0 Å².